The van der Waals surface area contributed by atoms with Gasteiger partial charge in [0.25, 0.3) is 0 Å². The number of nitrogens with one attached hydrogen (secondary N) is 1. The third-order valence-electron chi connectivity index (χ3n) is 3.32. The summed E-state index contributed by atoms with van der Waals surface area (Å²) >= 11 is 9.58. The molecule has 4 heteroatoms. The van der Waals surface area contributed by atoms with Crippen LogP contribution in [0.5, 0.6) is 0 Å². The number of anilines is 1. The summed E-state index contributed by atoms with van der Waals surface area (Å²) in [5, 5.41) is 4.30. The van der Waals surface area contributed by atoms with Gasteiger partial charge in [0.2, 0.25) is 0 Å². The van der Waals surface area contributed by atoms with Crippen LogP contribution < -0.4 is 5.32 Å². The lowest BCUT2D eigenvalue weighted by molar-refractivity contribution is 0.0682. The standard InChI is InChI=1S/C13H17BrClNO/c1-17-10-7-5-9(6-8-10)16-12-4-2-3-11(15)13(12)14/h2-4,9-10,16H,5-8H2,1H3. The summed E-state index contributed by atoms with van der Waals surface area (Å²) in [6.07, 6.45) is 5.00. The fraction of sp³-hybridized carbons (Fsp3) is 0.538. The van der Waals surface area contributed by atoms with Crippen molar-refractivity contribution in [1.29, 1.82) is 0 Å². The number of hydrogen-bond donors (Lipinski definition) is 1. The summed E-state index contributed by atoms with van der Waals surface area (Å²) in [4.78, 5) is 0. The molecule has 1 saturated carbocycles. The molecule has 0 atom stereocenters. The van der Waals surface area contributed by atoms with Crippen molar-refractivity contribution < 1.29 is 4.74 Å². The molecule has 17 heavy (non-hydrogen) atoms. The van der Waals surface area contributed by atoms with E-state index in [1.165, 1.54) is 0 Å². The number of methoxy groups -OCH3 is 1. The maximum absolute atomic E-state index is 6.07. The molecule has 1 aromatic rings. The minimum atomic E-state index is 0.441. The number of hydrogen-bond acceptors (Lipinski definition) is 2. The normalized spacial score (nSPS) is 24.6. The van der Waals surface area contributed by atoms with Gasteiger partial charge in [0.1, 0.15) is 0 Å². The van der Waals surface area contributed by atoms with E-state index in [0.29, 0.717) is 12.1 Å². The molecule has 0 unspecified atom stereocenters. The van der Waals surface area contributed by atoms with Crippen LogP contribution in [-0.4, -0.2) is 19.3 Å². The van der Waals surface area contributed by atoms with Gasteiger partial charge in [-0.25, -0.2) is 0 Å². The largest absolute Gasteiger partial charge is 0.381 e. The molecule has 1 aliphatic carbocycles. The Morgan fingerprint density at radius 2 is 2.00 bits per heavy atom. The second-order valence-corrected chi connectivity index (χ2v) is 5.66. The molecule has 0 aliphatic heterocycles. The van der Waals surface area contributed by atoms with E-state index in [4.69, 9.17) is 16.3 Å². The molecule has 0 spiro atoms. The van der Waals surface area contributed by atoms with Crippen LogP contribution in [0.4, 0.5) is 5.69 Å². The van der Waals surface area contributed by atoms with Gasteiger partial charge >= 0.3 is 0 Å². The van der Waals surface area contributed by atoms with E-state index in [9.17, 15) is 0 Å². The van der Waals surface area contributed by atoms with Crippen LogP contribution in [0.3, 0.4) is 0 Å². The lowest BCUT2D eigenvalue weighted by Gasteiger charge is -2.29. The Hall–Kier alpha value is -0.250. The quantitative estimate of drug-likeness (QED) is 0.887. The summed E-state index contributed by atoms with van der Waals surface area (Å²) in [6.45, 7) is 0. The van der Waals surface area contributed by atoms with Gasteiger partial charge in [0.15, 0.2) is 0 Å². The Bertz CT molecular complexity index is 378. The second-order valence-electron chi connectivity index (χ2n) is 4.46. The summed E-state index contributed by atoms with van der Waals surface area (Å²) in [7, 11) is 1.80. The highest BCUT2D eigenvalue weighted by Gasteiger charge is 2.21. The van der Waals surface area contributed by atoms with Gasteiger partial charge in [-0.15, -0.1) is 0 Å². The predicted octanol–water partition coefficient (Wildman–Crippen LogP) is 4.47. The Labute approximate surface area is 116 Å². The van der Waals surface area contributed by atoms with Crippen LogP contribution in [-0.2, 0) is 4.74 Å². The molecule has 0 aromatic heterocycles. The van der Waals surface area contributed by atoms with E-state index in [-0.39, 0.29) is 0 Å². The van der Waals surface area contributed by atoms with Crippen LogP contribution in [0, 0.1) is 0 Å². The Morgan fingerprint density at radius 3 is 2.65 bits per heavy atom. The molecule has 0 bridgehead atoms. The van der Waals surface area contributed by atoms with Gasteiger partial charge in [-0.05, 0) is 53.7 Å². The van der Waals surface area contributed by atoms with E-state index >= 15 is 0 Å². The molecule has 0 radical (unpaired) electrons. The Kier molecular flexibility index (Phi) is 4.71. The fourth-order valence-electron chi connectivity index (χ4n) is 2.28. The smallest absolute Gasteiger partial charge is 0.0593 e. The highest BCUT2D eigenvalue weighted by atomic mass is 79.9. The first-order valence-corrected chi connectivity index (χ1v) is 7.11. The fourth-order valence-corrected chi connectivity index (χ4v) is 2.83. The Morgan fingerprint density at radius 1 is 1.29 bits per heavy atom. The van der Waals surface area contributed by atoms with Crippen molar-refractivity contribution in [2.75, 3.05) is 12.4 Å². The average molecular weight is 319 g/mol. The minimum absolute atomic E-state index is 0.441. The lowest BCUT2D eigenvalue weighted by Crippen LogP contribution is -2.29. The molecule has 1 N–H and O–H groups in total. The van der Waals surface area contributed by atoms with E-state index in [2.05, 4.69) is 27.3 Å². The van der Waals surface area contributed by atoms with Gasteiger partial charge in [0, 0.05) is 13.2 Å². The first kappa shape index (κ1) is 13.2. The van der Waals surface area contributed by atoms with Crippen LogP contribution in [0.25, 0.3) is 0 Å². The molecule has 2 rings (SSSR count). The van der Waals surface area contributed by atoms with Crippen LogP contribution in [0.1, 0.15) is 25.7 Å². The first-order chi connectivity index (χ1) is 8.20. The Balaban J connectivity index is 1.95. The van der Waals surface area contributed by atoms with Crippen molar-refractivity contribution in [1.82, 2.24) is 0 Å². The summed E-state index contributed by atoms with van der Waals surface area (Å²) in [5.41, 5.74) is 1.08. The lowest BCUT2D eigenvalue weighted by atomic mass is 9.93. The van der Waals surface area contributed by atoms with E-state index in [1.54, 1.807) is 7.11 Å². The van der Waals surface area contributed by atoms with E-state index in [0.717, 1.165) is 40.9 Å². The molecule has 1 aliphatic rings. The van der Waals surface area contributed by atoms with Gasteiger partial charge in [-0.2, -0.15) is 0 Å². The third-order valence-corrected chi connectivity index (χ3v) is 4.72. The zero-order valence-corrected chi connectivity index (χ0v) is 12.2. The van der Waals surface area contributed by atoms with Gasteiger partial charge in [-0.1, -0.05) is 17.7 Å². The van der Waals surface area contributed by atoms with Crippen molar-refractivity contribution >= 4 is 33.2 Å². The van der Waals surface area contributed by atoms with Gasteiger partial charge in [-0.3, -0.25) is 0 Å². The van der Waals surface area contributed by atoms with Crippen LogP contribution >= 0.6 is 27.5 Å². The van der Waals surface area contributed by atoms with Gasteiger partial charge in [0.05, 0.1) is 21.3 Å². The SMILES string of the molecule is COC1CCC(Nc2cccc(Cl)c2Br)CC1. The highest BCUT2D eigenvalue weighted by Crippen LogP contribution is 2.32. The summed E-state index contributed by atoms with van der Waals surface area (Å²) in [6, 6.07) is 6.43. The monoisotopic (exact) mass is 317 g/mol. The van der Waals surface area contributed by atoms with Crippen molar-refractivity contribution in [3.05, 3.63) is 27.7 Å². The number of ether oxygens (including phenoxy) is 1. The molecule has 2 nitrogen and oxygen atoms in total. The number of rotatable bonds is 3. The molecular weight excluding hydrogens is 302 g/mol. The van der Waals surface area contributed by atoms with Crippen LogP contribution in [0.15, 0.2) is 22.7 Å². The highest BCUT2D eigenvalue weighted by molar-refractivity contribution is 9.10. The van der Waals surface area contributed by atoms with Crippen molar-refractivity contribution in [3.63, 3.8) is 0 Å². The first-order valence-electron chi connectivity index (χ1n) is 5.94. The topological polar surface area (TPSA) is 21.3 Å². The van der Waals surface area contributed by atoms with Crippen molar-refractivity contribution in [2.45, 2.75) is 37.8 Å². The molecule has 1 fully saturated rings. The molecule has 0 heterocycles. The summed E-state index contributed by atoms with van der Waals surface area (Å²) < 4.78 is 6.33. The molecule has 1 aromatic carbocycles. The van der Waals surface area contributed by atoms with E-state index < -0.39 is 0 Å². The second kappa shape index (κ2) is 6.07. The van der Waals surface area contributed by atoms with Gasteiger partial charge < -0.3 is 10.1 Å². The maximum atomic E-state index is 6.07. The molecule has 0 amide bonds. The van der Waals surface area contributed by atoms with E-state index in [1.807, 2.05) is 12.1 Å². The summed E-state index contributed by atoms with van der Waals surface area (Å²) in [5.74, 6) is 0. The molecule has 94 valence electrons. The number of benzene rings is 1. The van der Waals surface area contributed by atoms with Crippen LogP contribution in [0.2, 0.25) is 5.02 Å². The predicted molar refractivity (Wildman–Crippen MR) is 75.8 cm³/mol. The third kappa shape index (κ3) is 3.36. The minimum Gasteiger partial charge on any atom is -0.381 e. The zero-order valence-electron chi connectivity index (χ0n) is 9.88. The zero-order chi connectivity index (χ0) is 12.3. The van der Waals surface area contributed by atoms with Crippen molar-refractivity contribution in [3.8, 4) is 0 Å². The molecular formula is C13H17BrClNO. The maximum Gasteiger partial charge on any atom is 0.0593 e. The van der Waals surface area contributed by atoms with Crippen molar-refractivity contribution in [2.24, 2.45) is 0 Å². The number of halogens is 2. The average Bonchev–Trinajstić information content (AvgIpc) is 2.36. The molecule has 0 saturated heterocycles.